The minimum atomic E-state index is -0.347. The molecule has 2 aromatic rings. The lowest BCUT2D eigenvalue weighted by atomic mass is 10.2. The second-order valence-corrected chi connectivity index (χ2v) is 4.48. The maximum absolute atomic E-state index is 13.3. The van der Waals surface area contributed by atoms with Gasteiger partial charge in [-0.15, -0.1) is 0 Å². The molecule has 0 saturated heterocycles. The van der Waals surface area contributed by atoms with Crippen molar-refractivity contribution in [2.24, 2.45) is 0 Å². The van der Waals surface area contributed by atoms with Crippen molar-refractivity contribution in [2.45, 2.75) is 6.61 Å². The molecular weight excluding hydrogens is 301 g/mol. The van der Waals surface area contributed by atoms with E-state index in [9.17, 15) is 9.50 Å². The summed E-state index contributed by atoms with van der Waals surface area (Å²) < 4.78 is 19.1. The van der Waals surface area contributed by atoms with Gasteiger partial charge in [0.1, 0.15) is 29.6 Å². The predicted octanol–water partition coefficient (Wildman–Crippen LogP) is 3.46. The quantitative estimate of drug-likeness (QED) is 0.674. The highest BCUT2D eigenvalue weighted by molar-refractivity contribution is 9.10. The lowest BCUT2D eigenvalue weighted by Crippen LogP contribution is -2.00. The molecule has 0 bridgehead atoms. The van der Waals surface area contributed by atoms with Crippen LogP contribution in [0.1, 0.15) is 5.56 Å². The van der Waals surface area contributed by atoms with E-state index in [2.05, 4.69) is 15.9 Å². The molecule has 3 N–H and O–H groups in total. The topological polar surface area (TPSA) is 55.5 Å². The molecule has 0 fully saturated rings. The molecule has 0 atom stereocenters. The summed E-state index contributed by atoms with van der Waals surface area (Å²) in [6.45, 7) is 0.159. The molecule has 5 heteroatoms. The van der Waals surface area contributed by atoms with Crippen molar-refractivity contribution in [1.29, 1.82) is 0 Å². The summed E-state index contributed by atoms with van der Waals surface area (Å²) in [5.41, 5.74) is 6.49. The molecule has 0 heterocycles. The summed E-state index contributed by atoms with van der Waals surface area (Å²) in [5, 5.41) is 9.42. The lowest BCUT2D eigenvalue weighted by Gasteiger charge is -2.11. The van der Waals surface area contributed by atoms with E-state index in [4.69, 9.17) is 10.5 Å². The number of nitrogens with two attached hydrogens (primary N) is 1. The maximum Gasteiger partial charge on any atom is 0.146 e. The summed E-state index contributed by atoms with van der Waals surface area (Å²) in [6.07, 6.45) is 0. The monoisotopic (exact) mass is 311 g/mol. The summed E-state index contributed by atoms with van der Waals surface area (Å²) in [6, 6.07) is 9.44. The highest BCUT2D eigenvalue weighted by atomic mass is 79.9. The van der Waals surface area contributed by atoms with E-state index in [1.54, 1.807) is 24.3 Å². The van der Waals surface area contributed by atoms with Gasteiger partial charge in [-0.05, 0) is 34.1 Å². The Morgan fingerprint density at radius 1 is 1.22 bits per heavy atom. The van der Waals surface area contributed by atoms with E-state index in [-0.39, 0.29) is 23.9 Å². The number of halogens is 2. The number of para-hydroxylation sites is 1. The van der Waals surface area contributed by atoms with Crippen molar-refractivity contribution in [1.82, 2.24) is 0 Å². The number of hydrogen-bond acceptors (Lipinski definition) is 3. The SMILES string of the molecule is Nc1c(O)cccc1OCc1cccc(F)c1Br. The van der Waals surface area contributed by atoms with Crippen LogP contribution in [-0.2, 0) is 6.61 Å². The second kappa shape index (κ2) is 5.27. The highest BCUT2D eigenvalue weighted by Crippen LogP contribution is 2.31. The van der Waals surface area contributed by atoms with Gasteiger partial charge in [-0.3, -0.25) is 0 Å². The van der Waals surface area contributed by atoms with Gasteiger partial charge in [0, 0.05) is 5.56 Å². The van der Waals surface area contributed by atoms with Gasteiger partial charge in [0.25, 0.3) is 0 Å². The molecule has 0 aromatic heterocycles. The Kier molecular flexibility index (Phi) is 3.72. The maximum atomic E-state index is 13.3. The Hall–Kier alpha value is -1.75. The third-order valence-electron chi connectivity index (χ3n) is 2.46. The van der Waals surface area contributed by atoms with Crippen molar-refractivity contribution in [3.63, 3.8) is 0 Å². The fourth-order valence-electron chi connectivity index (χ4n) is 1.47. The van der Waals surface area contributed by atoms with Crippen molar-refractivity contribution in [3.05, 3.63) is 52.3 Å². The molecule has 2 aromatic carbocycles. The molecule has 94 valence electrons. The second-order valence-electron chi connectivity index (χ2n) is 3.69. The van der Waals surface area contributed by atoms with Gasteiger partial charge in [0.15, 0.2) is 0 Å². The van der Waals surface area contributed by atoms with E-state index < -0.39 is 0 Å². The fraction of sp³-hybridized carbons (Fsp3) is 0.0769. The van der Waals surface area contributed by atoms with Crippen molar-refractivity contribution in [2.75, 3.05) is 5.73 Å². The largest absolute Gasteiger partial charge is 0.506 e. The Morgan fingerprint density at radius 3 is 2.72 bits per heavy atom. The van der Waals surface area contributed by atoms with Gasteiger partial charge in [0.2, 0.25) is 0 Å². The van der Waals surface area contributed by atoms with Crippen LogP contribution in [0.2, 0.25) is 0 Å². The summed E-state index contributed by atoms with van der Waals surface area (Å²) >= 11 is 3.15. The van der Waals surface area contributed by atoms with Crippen LogP contribution < -0.4 is 10.5 Å². The van der Waals surface area contributed by atoms with Crippen LogP contribution in [0.4, 0.5) is 10.1 Å². The van der Waals surface area contributed by atoms with E-state index in [1.165, 1.54) is 12.1 Å². The van der Waals surface area contributed by atoms with E-state index in [0.29, 0.717) is 15.8 Å². The van der Waals surface area contributed by atoms with Crippen LogP contribution in [0.25, 0.3) is 0 Å². The molecular formula is C13H11BrFNO2. The van der Waals surface area contributed by atoms with Crippen LogP contribution in [0.5, 0.6) is 11.5 Å². The van der Waals surface area contributed by atoms with Crippen molar-refractivity contribution < 1.29 is 14.2 Å². The number of anilines is 1. The van der Waals surface area contributed by atoms with Crippen LogP contribution in [0, 0.1) is 5.82 Å². The minimum Gasteiger partial charge on any atom is -0.506 e. The summed E-state index contributed by atoms with van der Waals surface area (Å²) in [5.74, 6) is -0.0167. The third kappa shape index (κ3) is 2.56. The number of hydrogen-bond donors (Lipinski definition) is 2. The first-order chi connectivity index (χ1) is 8.59. The molecule has 0 unspecified atom stereocenters. The smallest absolute Gasteiger partial charge is 0.146 e. The highest BCUT2D eigenvalue weighted by Gasteiger charge is 2.08. The molecule has 0 amide bonds. The van der Waals surface area contributed by atoms with Gasteiger partial charge >= 0.3 is 0 Å². The first-order valence-electron chi connectivity index (χ1n) is 5.22. The lowest BCUT2D eigenvalue weighted by molar-refractivity contribution is 0.305. The van der Waals surface area contributed by atoms with E-state index in [1.807, 2.05) is 0 Å². The number of rotatable bonds is 3. The summed E-state index contributed by atoms with van der Waals surface area (Å²) in [7, 11) is 0. The molecule has 2 rings (SSSR count). The van der Waals surface area contributed by atoms with Crippen LogP contribution >= 0.6 is 15.9 Å². The Bertz CT molecular complexity index is 523. The number of benzene rings is 2. The molecule has 0 radical (unpaired) electrons. The Labute approximate surface area is 112 Å². The fourth-order valence-corrected chi connectivity index (χ4v) is 1.85. The van der Waals surface area contributed by atoms with Crippen molar-refractivity contribution >= 4 is 21.6 Å². The minimum absolute atomic E-state index is 0.0363. The van der Waals surface area contributed by atoms with E-state index >= 15 is 0 Å². The molecule has 0 aliphatic carbocycles. The predicted molar refractivity (Wildman–Crippen MR) is 71.0 cm³/mol. The number of phenols is 1. The molecule has 3 nitrogen and oxygen atoms in total. The van der Waals surface area contributed by atoms with Crippen LogP contribution in [0.15, 0.2) is 40.9 Å². The zero-order valence-corrected chi connectivity index (χ0v) is 10.9. The number of ether oxygens (including phenoxy) is 1. The Balaban J connectivity index is 2.17. The Morgan fingerprint density at radius 2 is 1.94 bits per heavy atom. The normalized spacial score (nSPS) is 10.3. The number of nitrogen functional groups attached to an aromatic ring is 1. The number of phenolic OH excluding ortho intramolecular Hbond substituents is 1. The van der Waals surface area contributed by atoms with E-state index in [0.717, 1.165) is 0 Å². The number of aromatic hydroxyl groups is 1. The van der Waals surface area contributed by atoms with Crippen LogP contribution in [-0.4, -0.2) is 5.11 Å². The molecule has 0 aliphatic rings. The first kappa shape index (κ1) is 12.7. The zero-order valence-electron chi connectivity index (χ0n) is 9.36. The zero-order chi connectivity index (χ0) is 13.1. The standard InChI is InChI=1S/C13H11BrFNO2/c14-12-8(3-1-4-9(12)15)7-18-11-6-2-5-10(17)13(11)16/h1-6,17H,7,16H2. The van der Waals surface area contributed by atoms with Crippen LogP contribution in [0.3, 0.4) is 0 Å². The van der Waals surface area contributed by atoms with Gasteiger partial charge < -0.3 is 15.6 Å². The third-order valence-corrected chi connectivity index (χ3v) is 3.35. The van der Waals surface area contributed by atoms with Gasteiger partial charge in [0.05, 0.1) is 4.47 Å². The molecule has 18 heavy (non-hydrogen) atoms. The average Bonchev–Trinajstić information content (AvgIpc) is 2.36. The van der Waals surface area contributed by atoms with Crippen molar-refractivity contribution in [3.8, 4) is 11.5 Å². The molecule has 0 aliphatic heterocycles. The average molecular weight is 312 g/mol. The van der Waals surface area contributed by atoms with Gasteiger partial charge in [-0.25, -0.2) is 4.39 Å². The first-order valence-corrected chi connectivity index (χ1v) is 6.02. The summed E-state index contributed by atoms with van der Waals surface area (Å²) in [4.78, 5) is 0. The van der Waals surface area contributed by atoms with Gasteiger partial charge in [-0.1, -0.05) is 18.2 Å². The molecule has 0 spiro atoms. The van der Waals surface area contributed by atoms with Gasteiger partial charge in [-0.2, -0.15) is 0 Å². The molecule has 0 saturated carbocycles.